The Labute approximate surface area is 123 Å². The molecule has 0 heterocycles. The van der Waals surface area contributed by atoms with E-state index in [4.69, 9.17) is 0 Å². The zero-order valence-corrected chi connectivity index (χ0v) is 12.9. The summed E-state index contributed by atoms with van der Waals surface area (Å²) < 4.78 is 4.58. The average molecular weight is 278 g/mol. The normalized spacial score (nSPS) is 10.0. The Morgan fingerprint density at radius 2 is 1.65 bits per heavy atom. The monoisotopic (exact) mass is 278 g/mol. The third-order valence-electron chi connectivity index (χ3n) is 2.68. The zero-order valence-electron chi connectivity index (χ0n) is 12.9. The largest absolute Gasteiger partial charge is 0.469 e. The van der Waals surface area contributed by atoms with E-state index in [1.807, 2.05) is 0 Å². The first-order chi connectivity index (χ1) is 9.45. The summed E-state index contributed by atoms with van der Waals surface area (Å²) in [6, 6.07) is 0. The van der Waals surface area contributed by atoms with Crippen LogP contribution in [0.4, 0.5) is 0 Å². The SMILES string of the molecule is COC(=O)CCCCCCCCC#CC#CC(C)(C)O. The van der Waals surface area contributed by atoms with Crippen molar-refractivity contribution in [1.82, 2.24) is 0 Å². The summed E-state index contributed by atoms with van der Waals surface area (Å²) >= 11 is 0. The number of carbonyl (C=O) groups is 1. The maximum Gasteiger partial charge on any atom is 0.305 e. The Kier molecular flexibility index (Phi) is 10.6. The van der Waals surface area contributed by atoms with Crippen molar-refractivity contribution < 1.29 is 14.6 Å². The van der Waals surface area contributed by atoms with Crippen LogP contribution in [0, 0.1) is 23.7 Å². The minimum Gasteiger partial charge on any atom is -0.469 e. The summed E-state index contributed by atoms with van der Waals surface area (Å²) in [5.41, 5.74) is -0.959. The molecule has 0 aliphatic carbocycles. The molecule has 0 fully saturated rings. The summed E-state index contributed by atoms with van der Waals surface area (Å²) in [6.45, 7) is 3.28. The molecule has 3 nitrogen and oxygen atoms in total. The molecule has 1 N–H and O–H groups in total. The fourth-order valence-corrected chi connectivity index (χ4v) is 1.58. The van der Waals surface area contributed by atoms with Gasteiger partial charge in [-0.05, 0) is 38.5 Å². The second-order valence-electron chi connectivity index (χ2n) is 5.31. The second kappa shape index (κ2) is 11.4. The quantitative estimate of drug-likeness (QED) is 0.422. The number of esters is 1. The number of hydrogen-bond donors (Lipinski definition) is 1. The van der Waals surface area contributed by atoms with Crippen molar-refractivity contribution in [3.05, 3.63) is 0 Å². The molecule has 0 unspecified atom stereocenters. The number of carbonyl (C=O) groups excluding carboxylic acids is 1. The molecule has 0 saturated heterocycles. The van der Waals surface area contributed by atoms with E-state index in [9.17, 15) is 9.90 Å². The summed E-state index contributed by atoms with van der Waals surface area (Å²) in [5, 5.41) is 9.34. The Morgan fingerprint density at radius 3 is 2.25 bits per heavy atom. The lowest BCUT2D eigenvalue weighted by Gasteiger charge is -2.04. The number of aliphatic hydroxyl groups is 1. The molecule has 3 heteroatoms. The summed E-state index contributed by atoms with van der Waals surface area (Å²) in [4.78, 5) is 10.9. The van der Waals surface area contributed by atoms with Gasteiger partial charge in [0.1, 0.15) is 5.60 Å². The molecule has 20 heavy (non-hydrogen) atoms. The van der Waals surface area contributed by atoms with Crippen LogP contribution in [-0.2, 0) is 9.53 Å². The van der Waals surface area contributed by atoms with Crippen LogP contribution in [0.5, 0.6) is 0 Å². The third kappa shape index (κ3) is 14.6. The van der Waals surface area contributed by atoms with Crippen molar-refractivity contribution in [1.29, 1.82) is 0 Å². The number of unbranched alkanes of at least 4 members (excludes halogenated alkanes) is 6. The van der Waals surface area contributed by atoms with Crippen LogP contribution in [0.3, 0.4) is 0 Å². The van der Waals surface area contributed by atoms with Gasteiger partial charge in [0.15, 0.2) is 0 Å². The minimum absolute atomic E-state index is 0.118. The number of methoxy groups -OCH3 is 1. The van der Waals surface area contributed by atoms with Crippen LogP contribution in [0.25, 0.3) is 0 Å². The van der Waals surface area contributed by atoms with Crippen molar-refractivity contribution >= 4 is 5.97 Å². The lowest BCUT2D eigenvalue weighted by Crippen LogP contribution is -2.14. The lowest BCUT2D eigenvalue weighted by molar-refractivity contribution is -0.140. The fourth-order valence-electron chi connectivity index (χ4n) is 1.58. The van der Waals surface area contributed by atoms with E-state index in [0.717, 1.165) is 38.5 Å². The van der Waals surface area contributed by atoms with Gasteiger partial charge in [0.05, 0.1) is 7.11 Å². The Balaban J connectivity index is 3.39. The van der Waals surface area contributed by atoms with E-state index in [0.29, 0.717) is 6.42 Å². The van der Waals surface area contributed by atoms with Crippen molar-refractivity contribution in [2.75, 3.05) is 7.11 Å². The molecule has 0 rings (SSSR count). The van der Waals surface area contributed by atoms with E-state index in [-0.39, 0.29) is 5.97 Å². The Morgan fingerprint density at radius 1 is 1.05 bits per heavy atom. The maximum atomic E-state index is 10.9. The molecule has 0 radical (unpaired) electrons. The molecule has 112 valence electrons. The van der Waals surface area contributed by atoms with Gasteiger partial charge in [-0.15, -0.1) is 0 Å². The highest BCUT2D eigenvalue weighted by atomic mass is 16.5. The molecule has 0 aliphatic rings. The van der Waals surface area contributed by atoms with Crippen LogP contribution in [0.15, 0.2) is 0 Å². The highest BCUT2D eigenvalue weighted by molar-refractivity contribution is 5.68. The number of ether oxygens (including phenoxy) is 1. The molecule has 0 aromatic rings. The van der Waals surface area contributed by atoms with Crippen molar-refractivity contribution in [2.45, 2.75) is 70.8 Å². The molecule has 0 atom stereocenters. The maximum absolute atomic E-state index is 10.9. The van der Waals surface area contributed by atoms with Crippen LogP contribution < -0.4 is 0 Å². The molecule has 0 aromatic heterocycles. The van der Waals surface area contributed by atoms with Gasteiger partial charge in [0.25, 0.3) is 0 Å². The van der Waals surface area contributed by atoms with Gasteiger partial charge in [-0.25, -0.2) is 0 Å². The second-order valence-corrected chi connectivity index (χ2v) is 5.31. The van der Waals surface area contributed by atoms with Gasteiger partial charge in [-0.3, -0.25) is 4.79 Å². The third-order valence-corrected chi connectivity index (χ3v) is 2.68. The van der Waals surface area contributed by atoms with E-state index >= 15 is 0 Å². The predicted octanol–water partition coefficient (Wildman–Crippen LogP) is 3.06. The summed E-state index contributed by atoms with van der Waals surface area (Å²) in [5.74, 6) is 10.9. The molecule has 0 aromatic carbocycles. The topological polar surface area (TPSA) is 46.5 Å². The molecule has 0 amide bonds. The smallest absolute Gasteiger partial charge is 0.305 e. The number of rotatable bonds is 8. The van der Waals surface area contributed by atoms with Gasteiger partial charge in [0, 0.05) is 12.8 Å². The van der Waals surface area contributed by atoms with Crippen LogP contribution in [0.2, 0.25) is 0 Å². The Bertz CT molecular complexity index is 382. The highest BCUT2D eigenvalue weighted by Gasteiger charge is 2.04. The first-order valence-electron chi connectivity index (χ1n) is 7.25. The first kappa shape index (κ1) is 18.6. The Hall–Kier alpha value is -1.45. The van der Waals surface area contributed by atoms with Gasteiger partial charge in [-0.1, -0.05) is 37.5 Å². The van der Waals surface area contributed by atoms with Gasteiger partial charge in [0.2, 0.25) is 0 Å². The first-order valence-corrected chi connectivity index (χ1v) is 7.25. The summed E-state index contributed by atoms with van der Waals surface area (Å²) in [7, 11) is 1.43. The van der Waals surface area contributed by atoms with E-state index in [1.165, 1.54) is 13.5 Å². The molecule has 0 spiro atoms. The van der Waals surface area contributed by atoms with Gasteiger partial charge in [-0.2, -0.15) is 0 Å². The minimum atomic E-state index is -0.959. The van der Waals surface area contributed by atoms with E-state index in [2.05, 4.69) is 28.4 Å². The van der Waals surface area contributed by atoms with Crippen molar-refractivity contribution in [3.63, 3.8) is 0 Å². The van der Waals surface area contributed by atoms with Gasteiger partial charge >= 0.3 is 5.97 Å². The predicted molar refractivity (Wildman–Crippen MR) is 80.8 cm³/mol. The van der Waals surface area contributed by atoms with Crippen LogP contribution >= 0.6 is 0 Å². The lowest BCUT2D eigenvalue weighted by atomic mass is 10.1. The van der Waals surface area contributed by atoms with Crippen LogP contribution in [0.1, 0.15) is 65.2 Å². The standard InChI is InChI=1S/C17H26O3/c1-17(2,19)15-13-11-9-7-5-4-6-8-10-12-14-16(18)20-3/h19H,4-8,10,12,14H2,1-3H3. The van der Waals surface area contributed by atoms with E-state index < -0.39 is 5.60 Å². The van der Waals surface area contributed by atoms with Crippen molar-refractivity contribution in [2.24, 2.45) is 0 Å². The molecular formula is C17H26O3. The number of hydrogen-bond acceptors (Lipinski definition) is 3. The highest BCUT2D eigenvalue weighted by Crippen LogP contribution is 2.08. The van der Waals surface area contributed by atoms with Crippen molar-refractivity contribution in [3.8, 4) is 23.7 Å². The molecule has 0 saturated carbocycles. The molecule has 0 aliphatic heterocycles. The molecular weight excluding hydrogens is 252 g/mol. The average Bonchev–Trinajstić information content (AvgIpc) is 2.38. The van der Waals surface area contributed by atoms with Gasteiger partial charge < -0.3 is 9.84 Å². The molecule has 0 bridgehead atoms. The van der Waals surface area contributed by atoms with Crippen LogP contribution in [-0.4, -0.2) is 23.8 Å². The zero-order chi connectivity index (χ0) is 15.3. The summed E-state index contributed by atoms with van der Waals surface area (Å²) in [6.07, 6.45) is 7.95. The fraction of sp³-hybridized carbons (Fsp3) is 0.706. The van der Waals surface area contributed by atoms with E-state index in [1.54, 1.807) is 13.8 Å².